The highest BCUT2D eigenvalue weighted by Crippen LogP contribution is 2.38. The molecule has 96 valence electrons. The molecule has 0 radical (unpaired) electrons. The summed E-state index contributed by atoms with van der Waals surface area (Å²) >= 11 is 3.43. The van der Waals surface area contributed by atoms with Gasteiger partial charge in [0, 0.05) is 10.0 Å². The summed E-state index contributed by atoms with van der Waals surface area (Å²) in [5.41, 5.74) is -0.158. The molecule has 1 aromatic rings. The van der Waals surface area contributed by atoms with Crippen LogP contribution in [0.2, 0.25) is 0 Å². The number of benzene rings is 1. The van der Waals surface area contributed by atoms with Gasteiger partial charge in [0.05, 0.1) is 18.8 Å². The quantitative estimate of drug-likeness (QED) is 0.925. The number of methoxy groups -OCH3 is 1. The van der Waals surface area contributed by atoms with Crippen LogP contribution in [0.5, 0.6) is 11.5 Å². The lowest BCUT2D eigenvalue weighted by Crippen LogP contribution is -2.17. The molecule has 0 aromatic heterocycles. The largest absolute Gasteiger partial charge is 0.493 e. The van der Waals surface area contributed by atoms with Gasteiger partial charge in [0.15, 0.2) is 11.5 Å². The van der Waals surface area contributed by atoms with Crippen LogP contribution in [-0.4, -0.2) is 18.3 Å². The van der Waals surface area contributed by atoms with E-state index in [-0.39, 0.29) is 6.10 Å². The molecule has 0 saturated carbocycles. The van der Waals surface area contributed by atoms with Crippen LogP contribution in [-0.2, 0) is 5.60 Å². The number of rotatable bonds is 4. The Morgan fingerprint density at radius 2 is 1.82 bits per heavy atom. The number of ether oxygens (including phenoxy) is 2. The summed E-state index contributed by atoms with van der Waals surface area (Å²) in [6, 6.07) is 3.62. The van der Waals surface area contributed by atoms with Gasteiger partial charge in [-0.1, -0.05) is 15.9 Å². The molecule has 0 atom stereocenters. The summed E-state index contributed by atoms with van der Waals surface area (Å²) in [5, 5.41) is 10.1. The average Bonchev–Trinajstić information content (AvgIpc) is 2.17. The Kier molecular flexibility index (Phi) is 4.44. The third-order valence-electron chi connectivity index (χ3n) is 2.28. The van der Waals surface area contributed by atoms with Crippen molar-refractivity contribution in [1.29, 1.82) is 0 Å². The second-order valence-corrected chi connectivity index (χ2v) is 5.56. The summed E-state index contributed by atoms with van der Waals surface area (Å²) in [6.45, 7) is 7.37. The van der Waals surface area contributed by atoms with E-state index in [2.05, 4.69) is 15.9 Å². The fraction of sp³-hybridized carbons (Fsp3) is 0.538. The zero-order valence-electron chi connectivity index (χ0n) is 10.9. The normalized spacial score (nSPS) is 11.8. The maximum Gasteiger partial charge on any atom is 0.162 e. The highest BCUT2D eigenvalue weighted by Gasteiger charge is 2.22. The molecule has 0 aliphatic heterocycles. The Bertz CT molecular complexity index is 394. The van der Waals surface area contributed by atoms with Gasteiger partial charge in [-0.05, 0) is 39.8 Å². The first-order valence-electron chi connectivity index (χ1n) is 5.52. The lowest BCUT2D eigenvalue weighted by Gasteiger charge is -2.22. The smallest absolute Gasteiger partial charge is 0.162 e. The number of halogens is 1. The molecule has 3 nitrogen and oxygen atoms in total. The molecule has 1 rings (SSSR count). The zero-order valence-corrected chi connectivity index (χ0v) is 12.5. The number of hydrogen-bond donors (Lipinski definition) is 1. The predicted molar refractivity (Wildman–Crippen MR) is 71.7 cm³/mol. The van der Waals surface area contributed by atoms with Gasteiger partial charge in [-0.3, -0.25) is 0 Å². The maximum atomic E-state index is 10.1. The molecule has 0 unspecified atom stereocenters. The van der Waals surface area contributed by atoms with Crippen LogP contribution in [0.1, 0.15) is 33.3 Å². The van der Waals surface area contributed by atoms with Gasteiger partial charge >= 0.3 is 0 Å². The molecular formula is C13H19BrO3. The van der Waals surface area contributed by atoms with E-state index in [4.69, 9.17) is 9.47 Å². The van der Waals surface area contributed by atoms with E-state index in [1.54, 1.807) is 21.0 Å². The van der Waals surface area contributed by atoms with Crippen LogP contribution in [0, 0.1) is 0 Å². The standard InChI is InChI=1S/C13H19BrO3/c1-8(2)17-12-6-9(13(3,4)15)10(14)7-11(12)16-5/h6-8,15H,1-5H3. The summed E-state index contributed by atoms with van der Waals surface area (Å²) in [4.78, 5) is 0. The zero-order chi connectivity index (χ0) is 13.2. The molecule has 1 aromatic carbocycles. The van der Waals surface area contributed by atoms with Gasteiger partial charge < -0.3 is 14.6 Å². The Hall–Kier alpha value is -0.740. The van der Waals surface area contributed by atoms with Gasteiger partial charge in [0.25, 0.3) is 0 Å². The van der Waals surface area contributed by atoms with Gasteiger partial charge in [-0.2, -0.15) is 0 Å². The molecule has 0 fully saturated rings. The van der Waals surface area contributed by atoms with Crippen LogP contribution in [0.3, 0.4) is 0 Å². The number of hydrogen-bond acceptors (Lipinski definition) is 3. The third kappa shape index (κ3) is 3.61. The minimum atomic E-state index is -0.930. The first-order chi connectivity index (χ1) is 7.75. The van der Waals surface area contributed by atoms with Crippen molar-refractivity contribution < 1.29 is 14.6 Å². The number of aliphatic hydroxyl groups is 1. The first kappa shape index (κ1) is 14.3. The monoisotopic (exact) mass is 302 g/mol. The van der Waals surface area contributed by atoms with Crippen molar-refractivity contribution in [2.75, 3.05) is 7.11 Å². The third-order valence-corrected chi connectivity index (χ3v) is 2.93. The minimum absolute atomic E-state index is 0.0553. The first-order valence-corrected chi connectivity index (χ1v) is 6.32. The van der Waals surface area contributed by atoms with Crippen molar-refractivity contribution in [2.45, 2.75) is 39.4 Å². The van der Waals surface area contributed by atoms with Crippen molar-refractivity contribution in [3.8, 4) is 11.5 Å². The Balaban J connectivity index is 3.27. The van der Waals surface area contributed by atoms with E-state index < -0.39 is 5.60 Å². The van der Waals surface area contributed by atoms with E-state index in [1.165, 1.54) is 0 Å². The highest BCUT2D eigenvalue weighted by atomic mass is 79.9. The van der Waals surface area contributed by atoms with Gasteiger partial charge in [-0.25, -0.2) is 0 Å². The highest BCUT2D eigenvalue weighted by molar-refractivity contribution is 9.10. The van der Waals surface area contributed by atoms with Crippen molar-refractivity contribution in [3.05, 3.63) is 22.2 Å². The van der Waals surface area contributed by atoms with E-state index in [9.17, 15) is 5.11 Å². The SMILES string of the molecule is COc1cc(Br)c(C(C)(C)O)cc1OC(C)C. The van der Waals surface area contributed by atoms with Crippen molar-refractivity contribution in [1.82, 2.24) is 0 Å². The maximum absolute atomic E-state index is 10.1. The second kappa shape index (κ2) is 5.27. The van der Waals surface area contributed by atoms with Crippen molar-refractivity contribution in [2.24, 2.45) is 0 Å². The molecule has 17 heavy (non-hydrogen) atoms. The van der Waals surface area contributed by atoms with E-state index in [0.29, 0.717) is 11.5 Å². The van der Waals surface area contributed by atoms with Gasteiger partial charge in [-0.15, -0.1) is 0 Å². The summed E-state index contributed by atoms with van der Waals surface area (Å²) in [7, 11) is 1.60. The fourth-order valence-corrected chi connectivity index (χ4v) is 2.32. The molecule has 0 aliphatic rings. The molecule has 0 spiro atoms. The molecule has 0 saturated heterocycles. The molecule has 0 amide bonds. The molecule has 0 heterocycles. The van der Waals surface area contributed by atoms with E-state index in [0.717, 1.165) is 10.0 Å². The summed E-state index contributed by atoms with van der Waals surface area (Å²) in [6.07, 6.45) is 0.0553. The molecule has 1 N–H and O–H groups in total. The Morgan fingerprint density at radius 3 is 2.24 bits per heavy atom. The minimum Gasteiger partial charge on any atom is -0.493 e. The van der Waals surface area contributed by atoms with Crippen LogP contribution in [0.15, 0.2) is 16.6 Å². The second-order valence-electron chi connectivity index (χ2n) is 4.71. The van der Waals surface area contributed by atoms with Crippen LogP contribution in [0.25, 0.3) is 0 Å². The Labute approximate surface area is 111 Å². The molecule has 4 heteroatoms. The lowest BCUT2D eigenvalue weighted by atomic mass is 9.98. The molecular weight excluding hydrogens is 284 g/mol. The predicted octanol–water partition coefficient (Wildman–Crippen LogP) is 3.47. The summed E-state index contributed by atoms with van der Waals surface area (Å²) in [5.74, 6) is 1.29. The van der Waals surface area contributed by atoms with Gasteiger partial charge in [0.1, 0.15) is 0 Å². The lowest BCUT2D eigenvalue weighted by molar-refractivity contribution is 0.0772. The average molecular weight is 303 g/mol. The topological polar surface area (TPSA) is 38.7 Å². The fourth-order valence-electron chi connectivity index (χ4n) is 1.51. The van der Waals surface area contributed by atoms with Crippen molar-refractivity contribution in [3.63, 3.8) is 0 Å². The molecule has 0 aliphatic carbocycles. The van der Waals surface area contributed by atoms with Crippen LogP contribution >= 0.6 is 15.9 Å². The van der Waals surface area contributed by atoms with Crippen LogP contribution in [0.4, 0.5) is 0 Å². The van der Waals surface area contributed by atoms with Crippen molar-refractivity contribution >= 4 is 15.9 Å². The van der Waals surface area contributed by atoms with Gasteiger partial charge in [0.2, 0.25) is 0 Å². The summed E-state index contributed by atoms with van der Waals surface area (Å²) < 4.78 is 11.7. The van der Waals surface area contributed by atoms with Crippen LogP contribution < -0.4 is 9.47 Å². The van der Waals surface area contributed by atoms with E-state index >= 15 is 0 Å². The molecule has 0 bridgehead atoms. The van der Waals surface area contributed by atoms with E-state index in [1.807, 2.05) is 26.0 Å². The Morgan fingerprint density at radius 1 is 1.24 bits per heavy atom.